The Morgan fingerprint density at radius 2 is 2.13 bits per heavy atom. The molecule has 2 aromatic heterocycles. The number of hydrogen-bond acceptors (Lipinski definition) is 6. The van der Waals surface area contributed by atoms with Gasteiger partial charge < -0.3 is 10.2 Å². The number of aliphatic hydroxyl groups is 1. The average molecular weight is 319 g/mol. The molecule has 2 atom stereocenters. The molecule has 1 aliphatic heterocycles. The third kappa shape index (κ3) is 5.11. The summed E-state index contributed by atoms with van der Waals surface area (Å²) in [5, 5.41) is 21.3. The Balaban J connectivity index is 0.000000595. The van der Waals surface area contributed by atoms with Crippen LogP contribution in [0.3, 0.4) is 0 Å². The van der Waals surface area contributed by atoms with Gasteiger partial charge in [-0.25, -0.2) is 0 Å². The highest BCUT2D eigenvalue weighted by Gasteiger charge is 2.31. The Hall–Kier alpha value is -2.32. The molecule has 0 unspecified atom stereocenters. The fraction of sp³-hybridized carbons (Fsp3) is 0.467. The Morgan fingerprint density at radius 1 is 1.35 bits per heavy atom. The first-order chi connectivity index (χ1) is 11.1. The molecule has 0 bridgehead atoms. The maximum atomic E-state index is 10.2. The van der Waals surface area contributed by atoms with Gasteiger partial charge in [0.1, 0.15) is 0 Å². The molecule has 0 saturated carbocycles. The molecule has 124 valence electrons. The summed E-state index contributed by atoms with van der Waals surface area (Å²) in [7, 11) is 1.92. The third-order valence-corrected chi connectivity index (χ3v) is 3.73. The van der Waals surface area contributed by atoms with Gasteiger partial charge in [-0.1, -0.05) is 0 Å². The van der Waals surface area contributed by atoms with Crippen LogP contribution in [0.5, 0.6) is 0 Å². The van der Waals surface area contributed by atoms with E-state index < -0.39 is 0 Å². The van der Waals surface area contributed by atoms with Gasteiger partial charge in [0.25, 0.3) is 6.47 Å². The van der Waals surface area contributed by atoms with E-state index in [0.29, 0.717) is 6.54 Å². The smallest absolute Gasteiger partial charge is 0.290 e. The molecule has 2 aromatic rings. The van der Waals surface area contributed by atoms with Crippen molar-refractivity contribution >= 4 is 6.47 Å². The average Bonchev–Trinajstić information content (AvgIpc) is 3.08. The number of β-amino-alcohol motifs (C(OH)–C–C–N with tert-alkyl or cyclic N) is 1. The van der Waals surface area contributed by atoms with Crippen molar-refractivity contribution in [2.24, 2.45) is 13.0 Å². The minimum Gasteiger partial charge on any atom is -0.483 e. The van der Waals surface area contributed by atoms with Crippen LogP contribution in [-0.2, 0) is 24.8 Å². The summed E-state index contributed by atoms with van der Waals surface area (Å²) < 4.78 is 1.80. The van der Waals surface area contributed by atoms with Crippen molar-refractivity contribution in [1.82, 2.24) is 24.6 Å². The standard InChI is InChI=1S/C14H19N5O.CH2O2/c1-18-7-11(5-17-18)8-19-9-12(14(20)10-19)4-13-6-15-2-3-16-13;2-1-3/h2-3,5-7,12,14,20H,4,8-10H2,1H3;1H,(H,2,3)/t12-,14-;/m1./s1. The van der Waals surface area contributed by atoms with Gasteiger partial charge in [-0.2, -0.15) is 5.10 Å². The SMILES string of the molecule is Cn1cc(CN2C[C@@H](Cc3cnccn3)[C@H](O)C2)cn1.O=CO. The molecule has 2 N–H and O–H groups in total. The first kappa shape index (κ1) is 17.0. The molecule has 1 aliphatic rings. The number of rotatable bonds is 4. The lowest BCUT2D eigenvalue weighted by atomic mass is 10.0. The number of aryl methyl sites for hydroxylation is 1. The summed E-state index contributed by atoms with van der Waals surface area (Å²) in [6.45, 7) is 2.17. The van der Waals surface area contributed by atoms with Crippen LogP contribution in [0, 0.1) is 5.92 Å². The molecule has 1 saturated heterocycles. The van der Waals surface area contributed by atoms with E-state index in [9.17, 15) is 5.11 Å². The van der Waals surface area contributed by atoms with E-state index in [2.05, 4.69) is 20.0 Å². The molecule has 0 spiro atoms. The first-order valence-electron chi connectivity index (χ1n) is 7.33. The predicted molar refractivity (Wildman–Crippen MR) is 82.4 cm³/mol. The summed E-state index contributed by atoms with van der Waals surface area (Å²) in [4.78, 5) is 19.0. The van der Waals surface area contributed by atoms with Crippen LogP contribution in [0.1, 0.15) is 11.3 Å². The lowest BCUT2D eigenvalue weighted by molar-refractivity contribution is -0.122. The Labute approximate surface area is 134 Å². The number of hydrogen-bond donors (Lipinski definition) is 2. The lowest BCUT2D eigenvalue weighted by Gasteiger charge is -2.14. The molecule has 0 amide bonds. The van der Waals surface area contributed by atoms with E-state index in [0.717, 1.165) is 25.2 Å². The monoisotopic (exact) mass is 319 g/mol. The van der Waals surface area contributed by atoms with Gasteiger partial charge >= 0.3 is 0 Å². The summed E-state index contributed by atoms with van der Waals surface area (Å²) in [5.74, 6) is 0.225. The van der Waals surface area contributed by atoms with E-state index in [-0.39, 0.29) is 18.5 Å². The van der Waals surface area contributed by atoms with Crippen molar-refractivity contribution in [3.8, 4) is 0 Å². The maximum absolute atomic E-state index is 10.2. The van der Waals surface area contributed by atoms with E-state index in [1.54, 1.807) is 23.3 Å². The maximum Gasteiger partial charge on any atom is 0.290 e. The summed E-state index contributed by atoms with van der Waals surface area (Å²) in [6, 6.07) is 0. The normalized spacial score (nSPS) is 20.8. The van der Waals surface area contributed by atoms with E-state index in [1.807, 2.05) is 19.4 Å². The van der Waals surface area contributed by atoms with Crippen molar-refractivity contribution in [3.05, 3.63) is 42.2 Å². The van der Waals surface area contributed by atoms with Gasteiger partial charge in [0.2, 0.25) is 0 Å². The van der Waals surface area contributed by atoms with Gasteiger partial charge in [0, 0.05) is 63.0 Å². The minimum absolute atomic E-state index is 0.225. The number of likely N-dealkylation sites (tertiary alicyclic amines) is 1. The lowest BCUT2D eigenvalue weighted by Crippen LogP contribution is -2.21. The topological polar surface area (TPSA) is 104 Å². The van der Waals surface area contributed by atoms with Crippen LogP contribution < -0.4 is 0 Å². The molecule has 8 nitrogen and oxygen atoms in total. The van der Waals surface area contributed by atoms with E-state index >= 15 is 0 Å². The Bertz CT molecular complexity index is 604. The van der Waals surface area contributed by atoms with Gasteiger partial charge in [0.15, 0.2) is 0 Å². The molecular formula is C15H21N5O3. The highest BCUT2D eigenvalue weighted by Crippen LogP contribution is 2.22. The fourth-order valence-electron chi connectivity index (χ4n) is 2.79. The summed E-state index contributed by atoms with van der Waals surface area (Å²) in [6.07, 6.45) is 9.52. The molecule has 23 heavy (non-hydrogen) atoms. The second-order valence-electron chi connectivity index (χ2n) is 5.55. The Kier molecular flexibility index (Phi) is 6.19. The van der Waals surface area contributed by atoms with Gasteiger partial charge in [-0.05, 0) is 6.42 Å². The second kappa shape index (κ2) is 8.35. The van der Waals surface area contributed by atoms with Crippen LogP contribution in [0.2, 0.25) is 0 Å². The van der Waals surface area contributed by atoms with Crippen LogP contribution >= 0.6 is 0 Å². The zero-order chi connectivity index (χ0) is 16.7. The van der Waals surface area contributed by atoms with Crippen molar-refractivity contribution in [3.63, 3.8) is 0 Å². The minimum atomic E-state index is -0.298. The van der Waals surface area contributed by atoms with Gasteiger partial charge in [0.05, 0.1) is 18.0 Å². The number of aromatic nitrogens is 4. The first-order valence-corrected chi connectivity index (χ1v) is 7.33. The molecular weight excluding hydrogens is 298 g/mol. The van der Waals surface area contributed by atoms with Crippen molar-refractivity contribution in [2.45, 2.75) is 19.1 Å². The van der Waals surface area contributed by atoms with Gasteiger partial charge in [-0.3, -0.25) is 24.3 Å². The number of carbonyl (C=O) groups is 1. The highest BCUT2D eigenvalue weighted by molar-refractivity contribution is 5.32. The molecule has 0 aromatic carbocycles. The third-order valence-electron chi connectivity index (χ3n) is 3.73. The zero-order valence-corrected chi connectivity index (χ0v) is 13.0. The highest BCUT2D eigenvalue weighted by atomic mass is 16.3. The van der Waals surface area contributed by atoms with Crippen molar-refractivity contribution < 1.29 is 15.0 Å². The van der Waals surface area contributed by atoms with Crippen molar-refractivity contribution in [1.29, 1.82) is 0 Å². The second-order valence-corrected chi connectivity index (χ2v) is 5.55. The number of carboxylic acid groups (broad SMARTS) is 1. The molecule has 8 heteroatoms. The van der Waals surface area contributed by atoms with Crippen LogP contribution in [0.4, 0.5) is 0 Å². The molecule has 3 heterocycles. The zero-order valence-electron chi connectivity index (χ0n) is 13.0. The fourth-order valence-corrected chi connectivity index (χ4v) is 2.79. The van der Waals surface area contributed by atoms with Crippen molar-refractivity contribution in [2.75, 3.05) is 13.1 Å². The Morgan fingerprint density at radius 3 is 2.74 bits per heavy atom. The predicted octanol–water partition coefficient (Wildman–Crippen LogP) is -0.0537. The quantitative estimate of drug-likeness (QED) is 0.761. The van der Waals surface area contributed by atoms with Crippen LogP contribution in [0.25, 0.3) is 0 Å². The molecule has 3 rings (SSSR count). The van der Waals surface area contributed by atoms with E-state index in [4.69, 9.17) is 9.90 Å². The number of nitrogens with zero attached hydrogens (tertiary/aromatic N) is 5. The van der Waals surface area contributed by atoms with Gasteiger partial charge in [-0.15, -0.1) is 0 Å². The largest absolute Gasteiger partial charge is 0.483 e. The van der Waals surface area contributed by atoms with E-state index in [1.165, 1.54) is 5.56 Å². The van der Waals surface area contributed by atoms with Crippen LogP contribution in [0.15, 0.2) is 31.0 Å². The molecule has 0 aliphatic carbocycles. The number of aliphatic hydroxyl groups excluding tert-OH is 1. The summed E-state index contributed by atoms with van der Waals surface area (Å²) >= 11 is 0. The van der Waals surface area contributed by atoms with Crippen LogP contribution in [-0.4, -0.2) is 60.5 Å². The molecule has 1 fully saturated rings. The summed E-state index contributed by atoms with van der Waals surface area (Å²) in [5.41, 5.74) is 2.12. The molecule has 0 radical (unpaired) electrons.